The van der Waals surface area contributed by atoms with Gasteiger partial charge in [0.15, 0.2) is 23.0 Å². The first kappa shape index (κ1) is 12.3. The van der Waals surface area contributed by atoms with Gasteiger partial charge in [0.25, 0.3) is 0 Å². The number of carbonyl (C=O) groups is 1. The van der Waals surface area contributed by atoms with E-state index in [1.165, 1.54) is 0 Å². The van der Waals surface area contributed by atoms with Gasteiger partial charge in [0, 0.05) is 5.56 Å². The van der Waals surface area contributed by atoms with Crippen LogP contribution < -0.4 is 14.4 Å². The van der Waals surface area contributed by atoms with Crippen LogP contribution in [0.2, 0.25) is 0 Å². The Bertz CT molecular complexity index is 894. The lowest BCUT2D eigenvalue weighted by Gasteiger charge is -2.37. The molecule has 0 saturated carbocycles. The van der Waals surface area contributed by atoms with Gasteiger partial charge in [-0.2, -0.15) is 0 Å². The van der Waals surface area contributed by atoms with Crippen LogP contribution in [0.1, 0.15) is 10.4 Å². The van der Waals surface area contributed by atoms with Crippen molar-refractivity contribution in [1.82, 2.24) is 0 Å². The van der Waals surface area contributed by atoms with Crippen molar-refractivity contribution < 1.29 is 14.3 Å². The monoisotopic (exact) mass is 301 g/mol. The van der Waals surface area contributed by atoms with E-state index in [4.69, 9.17) is 9.47 Å². The van der Waals surface area contributed by atoms with E-state index in [-0.39, 0.29) is 0 Å². The number of aldehydes is 1. The second kappa shape index (κ2) is 4.36. The number of para-hydroxylation sites is 4. The molecule has 2 aliphatic rings. The van der Waals surface area contributed by atoms with Crippen LogP contribution in [0, 0.1) is 0 Å². The van der Waals surface area contributed by atoms with Crippen LogP contribution >= 0.6 is 0 Å². The first-order chi connectivity index (χ1) is 11.3. The molecule has 4 nitrogen and oxygen atoms in total. The van der Waals surface area contributed by atoms with Gasteiger partial charge < -0.3 is 9.47 Å². The highest BCUT2D eigenvalue weighted by molar-refractivity contribution is 5.95. The number of ether oxygens (including phenoxy) is 2. The Morgan fingerprint density at radius 3 is 1.78 bits per heavy atom. The SMILES string of the molecule is O=Cc1cc2c3c(c1)Oc1ccccc1N3c1ccccc1O2. The van der Waals surface area contributed by atoms with Crippen molar-refractivity contribution in [3.05, 3.63) is 66.2 Å². The summed E-state index contributed by atoms with van der Waals surface area (Å²) in [6.07, 6.45) is 0.800. The predicted octanol–water partition coefficient (Wildman–Crippen LogP) is 5.18. The van der Waals surface area contributed by atoms with Gasteiger partial charge in [-0.15, -0.1) is 0 Å². The summed E-state index contributed by atoms with van der Waals surface area (Å²) in [5.74, 6) is 2.76. The van der Waals surface area contributed by atoms with Crippen molar-refractivity contribution >= 4 is 23.3 Å². The van der Waals surface area contributed by atoms with Gasteiger partial charge in [0.05, 0.1) is 11.4 Å². The summed E-state index contributed by atoms with van der Waals surface area (Å²) in [5.41, 5.74) is 3.26. The quantitative estimate of drug-likeness (QED) is 0.400. The summed E-state index contributed by atoms with van der Waals surface area (Å²) in [4.78, 5) is 13.3. The molecule has 2 heterocycles. The average Bonchev–Trinajstić information content (AvgIpc) is 2.61. The third-order valence-electron chi connectivity index (χ3n) is 4.07. The summed E-state index contributed by atoms with van der Waals surface area (Å²) in [6.45, 7) is 0. The van der Waals surface area contributed by atoms with Crippen LogP contribution in [-0.2, 0) is 0 Å². The zero-order valence-corrected chi connectivity index (χ0v) is 12.0. The minimum Gasteiger partial charge on any atom is -0.453 e. The number of nitrogens with zero attached hydrogens (tertiary/aromatic N) is 1. The van der Waals surface area contributed by atoms with Crippen LogP contribution in [0.5, 0.6) is 23.0 Å². The van der Waals surface area contributed by atoms with Gasteiger partial charge in [0.1, 0.15) is 12.0 Å². The Hall–Kier alpha value is -3.27. The largest absolute Gasteiger partial charge is 0.453 e. The van der Waals surface area contributed by atoms with Crippen molar-refractivity contribution in [3.8, 4) is 23.0 Å². The van der Waals surface area contributed by atoms with E-state index in [9.17, 15) is 4.79 Å². The Kier molecular flexibility index (Phi) is 2.33. The molecule has 0 N–H and O–H groups in total. The van der Waals surface area contributed by atoms with E-state index < -0.39 is 0 Å². The summed E-state index contributed by atoms with van der Waals surface area (Å²) in [6, 6.07) is 19.2. The maximum atomic E-state index is 11.2. The standard InChI is InChI=1S/C19H11NO3/c21-11-12-9-17-19-18(10-12)23-16-8-4-2-6-14(16)20(19)13-5-1-3-7-15(13)22-17/h1-11H. The van der Waals surface area contributed by atoms with Crippen molar-refractivity contribution in [1.29, 1.82) is 0 Å². The zero-order chi connectivity index (χ0) is 15.4. The van der Waals surface area contributed by atoms with Gasteiger partial charge in [-0.05, 0) is 36.4 Å². The fraction of sp³-hybridized carbons (Fsp3) is 0. The number of hydrogen-bond donors (Lipinski definition) is 0. The Balaban J connectivity index is 1.86. The predicted molar refractivity (Wildman–Crippen MR) is 86.7 cm³/mol. The minimum atomic E-state index is 0.525. The molecule has 0 unspecified atom stereocenters. The molecule has 5 rings (SSSR count). The molecule has 4 heteroatoms. The van der Waals surface area contributed by atoms with E-state index >= 15 is 0 Å². The van der Waals surface area contributed by atoms with Crippen molar-refractivity contribution in [2.24, 2.45) is 0 Å². The molecule has 0 radical (unpaired) electrons. The summed E-state index contributed by atoms with van der Waals surface area (Å²) < 4.78 is 12.0. The maximum absolute atomic E-state index is 11.2. The number of benzene rings is 3. The van der Waals surface area contributed by atoms with E-state index in [0.29, 0.717) is 17.1 Å². The lowest BCUT2D eigenvalue weighted by atomic mass is 10.1. The molecule has 0 atom stereocenters. The van der Waals surface area contributed by atoms with Crippen molar-refractivity contribution in [2.75, 3.05) is 4.90 Å². The Labute approximate surface area is 132 Å². The number of rotatable bonds is 1. The molecule has 0 amide bonds. The third kappa shape index (κ3) is 1.63. The highest BCUT2D eigenvalue weighted by atomic mass is 16.5. The fourth-order valence-electron chi connectivity index (χ4n) is 3.11. The molecule has 0 aliphatic carbocycles. The lowest BCUT2D eigenvalue weighted by molar-refractivity contribution is 0.112. The number of carbonyl (C=O) groups excluding carboxylic acids is 1. The molecule has 110 valence electrons. The third-order valence-corrected chi connectivity index (χ3v) is 4.07. The van der Waals surface area contributed by atoms with Gasteiger partial charge in [0.2, 0.25) is 0 Å². The number of anilines is 3. The van der Waals surface area contributed by atoms with E-state index in [2.05, 4.69) is 4.90 Å². The molecular formula is C19H11NO3. The summed E-state index contributed by atoms with van der Waals surface area (Å²) in [5, 5.41) is 0. The second-order valence-electron chi connectivity index (χ2n) is 5.46. The molecular weight excluding hydrogens is 290 g/mol. The summed E-state index contributed by atoms with van der Waals surface area (Å²) >= 11 is 0. The molecule has 3 aromatic carbocycles. The van der Waals surface area contributed by atoms with Gasteiger partial charge >= 0.3 is 0 Å². The first-order valence-electron chi connectivity index (χ1n) is 7.32. The Morgan fingerprint density at radius 2 is 1.26 bits per heavy atom. The first-order valence-corrected chi connectivity index (χ1v) is 7.32. The molecule has 0 spiro atoms. The van der Waals surface area contributed by atoms with Gasteiger partial charge in [-0.1, -0.05) is 24.3 Å². The zero-order valence-electron chi connectivity index (χ0n) is 12.0. The number of fused-ring (bicyclic) bond motifs is 4. The molecule has 0 aromatic heterocycles. The average molecular weight is 301 g/mol. The van der Waals surface area contributed by atoms with Crippen molar-refractivity contribution in [3.63, 3.8) is 0 Å². The van der Waals surface area contributed by atoms with Crippen molar-refractivity contribution in [2.45, 2.75) is 0 Å². The molecule has 23 heavy (non-hydrogen) atoms. The van der Waals surface area contributed by atoms with Crippen LogP contribution in [0.4, 0.5) is 17.1 Å². The molecule has 3 aromatic rings. The van der Waals surface area contributed by atoms with E-state index in [1.807, 2.05) is 48.5 Å². The normalized spacial score (nSPS) is 13.1. The smallest absolute Gasteiger partial charge is 0.156 e. The highest BCUT2D eigenvalue weighted by Gasteiger charge is 2.34. The van der Waals surface area contributed by atoms with E-state index in [0.717, 1.165) is 34.8 Å². The van der Waals surface area contributed by atoms with Gasteiger partial charge in [-0.3, -0.25) is 9.69 Å². The second-order valence-corrected chi connectivity index (χ2v) is 5.46. The molecule has 2 aliphatic heterocycles. The topological polar surface area (TPSA) is 38.8 Å². The van der Waals surface area contributed by atoms with Crippen LogP contribution in [0.3, 0.4) is 0 Å². The van der Waals surface area contributed by atoms with Crippen LogP contribution in [0.25, 0.3) is 0 Å². The molecule has 0 bridgehead atoms. The fourth-order valence-corrected chi connectivity index (χ4v) is 3.11. The lowest BCUT2D eigenvalue weighted by Crippen LogP contribution is -2.20. The maximum Gasteiger partial charge on any atom is 0.156 e. The van der Waals surface area contributed by atoms with Crippen LogP contribution in [-0.4, -0.2) is 6.29 Å². The molecule has 0 fully saturated rings. The van der Waals surface area contributed by atoms with E-state index in [1.54, 1.807) is 12.1 Å². The summed E-state index contributed by atoms with van der Waals surface area (Å²) in [7, 11) is 0. The highest BCUT2D eigenvalue weighted by Crippen LogP contribution is 2.59. The minimum absolute atomic E-state index is 0.525. The number of hydrogen-bond acceptors (Lipinski definition) is 4. The van der Waals surface area contributed by atoms with Gasteiger partial charge in [-0.25, -0.2) is 0 Å². The van der Waals surface area contributed by atoms with Crippen LogP contribution in [0.15, 0.2) is 60.7 Å². The Morgan fingerprint density at radius 1 is 0.739 bits per heavy atom. The molecule has 0 saturated heterocycles.